The average Bonchev–Trinajstić information content (AvgIpc) is 2.83. The molecule has 2 aromatic rings. The second-order valence-electron chi connectivity index (χ2n) is 9.10. The van der Waals surface area contributed by atoms with Gasteiger partial charge in [0, 0.05) is 38.1 Å². The van der Waals surface area contributed by atoms with Gasteiger partial charge in [-0.2, -0.15) is 0 Å². The van der Waals surface area contributed by atoms with Crippen molar-refractivity contribution in [2.45, 2.75) is 59.0 Å². The lowest BCUT2D eigenvalue weighted by Crippen LogP contribution is -2.45. The third-order valence-corrected chi connectivity index (χ3v) is 6.08. The SMILES string of the molecule is CC[C@H]1CCCCN1C(=O)c1cn(Cc2cccc(OC)c2)cc(C(=O)NCC(C)C)c1=O. The van der Waals surface area contributed by atoms with Crippen molar-refractivity contribution < 1.29 is 14.3 Å². The summed E-state index contributed by atoms with van der Waals surface area (Å²) in [5.74, 6) is 0.230. The van der Waals surface area contributed by atoms with Crippen molar-refractivity contribution in [1.82, 2.24) is 14.8 Å². The van der Waals surface area contributed by atoms with E-state index in [0.717, 1.165) is 37.0 Å². The molecule has 7 heteroatoms. The Bertz CT molecular complexity index is 1040. The van der Waals surface area contributed by atoms with E-state index in [1.54, 1.807) is 24.1 Å². The van der Waals surface area contributed by atoms with Crippen LogP contribution in [0.4, 0.5) is 0 Å². The highest BCUT2D eigenvalue weighted by atomic mass is 16.5. The van der Waals surface area contributed by atoms with E-state index in [2.05, 4.69) is 12.2 Å². The van der Waals surface area contributed by atoms with Gasteiger partial charge in [-0.25, -0.2) is 0 Å². The lowest BCUT2D eigenvalue weighted by Gasteiger charge is -2.35. The molecule has 178 valence electrons. The van der Waals surface area contributed by atoms with Crippen molar-refractivity contribution in [3.05, 3.63) is 63.6 Å². The number of carbonyl (C=O) groups is 2. The van der Waals surface area contributed by atoms with Crippen molar-refractivity contribution in [1.29, 1.82) is 0 Å². The lowest BCUT2D eigenvalue weighted by atomic mass is 9.98. The number of nitrogens with one attached hydrogen (secondary N) is 1. The Hall–Kier alpha value is -3.09. The van der Waals surface area contributed by atoms with Crippen molar-refractivity contribution >= 4 is 11.8 Å². The summed E-state index contributed by atoms with van der Waals surface area (Å²) < 4.78 is 7.06. The van der Waals surface area contributed by atoms with Crippen LogP contribution in [0.15, 0.2) is 41.5 Å². The molecule has 7 nitrogen and oxygen atoms in total. The predicted octanol–water partition coefficient (Wildman–Crippen LogP) is 3.70. The summed E-state index contributed by atoms with van der Waals surface area (Å²) in [7, 11) is 1.61. The number of likely N-dealkylation sites (tertiary alicyclic amines) is 1. The fourth-order valence-electron chi connectivity index (χ4n) is 4.26. The Labute approximate surface area is 195 Å². The van der Waals surface area contributed by atoms with Gasteiger partial charge in [0.05, 0.1) is 7.11 Å². The Morgan fingerprint density at radius 3 is 2.64 bits per heavy atom. The predicted molar refractivity (Wildman–Crippen MR) is 129 cm³/mol. The zero-order chi connectivity index (χ0) is 24.0. The number of benzene rings is 1. The van der Waals surface area contributed by atoms with Crippen molar-refractivity contribution in [3.8, 4) is 5.75 Å². The van der Waals surface area contributed by atoms with E-state index in [4.69, 9.17) is 4.74 Å². The number of amides is 2. The fourth-order valence-corrected chi connectivity index (χ4v) is 4.26. The fraction of sp³-hybridized carbons (Fsp3) is 0.500. The summed E-state index contributed by atoms with van der Waals surface area (Å²) in [6.07, 6.45) is 6.92. The minimum Gasteiger partial charge on any atom is -0.497 e. The zero-order valence-corrected chi connectivity index (χ0v) is 20.1. The largest absolute Gasteiger partial charge is 0.497 e. The van der Waals surface area contributed by atoms with E-state index >= 15 is 0 Å². The van der Waals surface area contributed by atoms with Gasteiger partial charge >= 0.3 is 0 Å². The van der Waals surface area contributed by atoms with Crippen LogP contribution in [0.5, 0.6) is 5.75 Å². The number of ether oxygens (including phenoxy) is 1. The molecule has 0 radical (unpaired) electrons. The highest BCUT2D eigenvalue weighted by molar-refractivity contribution is 5.99. The van der Waals surface area contributed by atoms with E-state index in [9.17, 15) is 14.4 Å². The molecule has 0 spiro atoms. The topological polar surface area (TPSA) is 80.6 Å². The van der Waals surface area contributed by atoms with Gasteiger partial charge in [-0.1, -0.05) is 32.9 Å². The Kier molecular flexibility index (Phi) is 8.31. The summed E-state index contributed by atoms with van der Waals surface area (Å²) >= 11 is 0. The maximum absolute atomic E-state index is 13.5. The molecular formula is C26H35N3O4. The third kappa shape index (κ3) is 6.03. The van der Waals surface area contributed by atoms with E-state index in [1.807, 2.05) is 43.0 Å². The molecule has 1 N–H and O–H groups in total. The number of carbonyl (C=O) groups excluding carboxylic acids is 2. The van der Waals surface area contributed by atoms with E-state index in [-0.39, 0.29) is 29.0 Å². The van der Waals surface area contributed by atoms with Crippen LogP contribution >= 0.6 is 0 Å². The van der Waals surface area contributed by atoms with E-state index in [0.29, 0.717) is 19.6 Å². The van der Waals surface area contributed by atoms with Crippen molar-refractivity contribution in [3.63, 3.8) is 0 Å². The van der Waals surface area contributed by atoms with Crippen LogP contribution in [0.1, 0.15) is 72.7 Å². The van der Waals surface area contributed by atoms with Crippen LogP contribution in [-0.4, -0.2) is 47.5 Å². The van der Waals surface area contributed by atoms with Gasteiger partial charge in [-0.3, -0.25) is 14.4 Å². The highest BCUT2D eigenvalue weighted by Crippen LogP contribution is 2.21. The normalized spacial score (nSPS) is 16.0. The summed E-state index contributed by atoms with van der Waals surface area (Å²) in [6.45, 7) is 7.53. The molecule has 1 atom stereocenters. The average molecular weight is 454 g/mol. The second-order valence-corrected chi connectivity index (χ2v) is 9.10. The molecule has 0 aliphatic carbocycles. The summed E-state index contributed by atoms with van der Waals surface area (Å²) in [6, 6.07) is 7.71. The minimum atomic E-state index is -0.511. The molecule has 1 aromatic carbocycles. The van der Waals surface area contributed by atoms with Gasteiger partial charge in [-0.05, 0) is 49.3 Å². The van der Waals surface area contributed by atoms with Gasteiger partial charge in [0.15, 0.2) is 0 Å². The maximum atomic E-state index is 13.5. The summed E-state index contributed by atoms with van der Waals surface area (Å²) in [4.78, 5) is 41.5. The van der Waals surface area contributed by atoms with Crippen LogP contribution < -0.4 is 15.5 Å². The first-order chi connectivity index (χ1) is 15.8. The molecule has 2 heterocycles. The molecule has 1 aliphatic rings. The number of hydrogen-bond acceptors (Lipinski definition) is 4. The molecular weight excluding hydrogens is 418 g/mol. The number of hydrogen-bond donors (Lipinski definition) is 1. The van der Waals surface area contributed by atoms with Gasteiger partial charge in [-0.15, -0.1) is 0 Å². The smallest absolute Gasteiger partial charge is 0.259 e. The zero-order valence-electron chi connectivity index (χ0n) is 20.1. The molecule has 3 rings (SSSR count). The van der Waals surface area contributed by atoms with Gasteiger partial charge in [0.2, 0.25) is 5.43 Å². The Morgan fingerprint density at radius 2 is 1.94 bits per heavy atom. The monoisotopic (exact) mass is 453 g/mol. The van der Waals surface area contributed by atoms with Crippen LogP contribution in [-0.2, 0) is 6.54 Å². The van der Waals surface area contributed by atoms with Crippen LogP contribution in [0.3, 0.4) is 0 Å². The first-order valence-corrected chi connectivity index (χ1v) is 11.8. The number of piperidine rings is 1. The first kappa shape index (κ1) is 24.6. The van der Waals surface area contributed by atoms with Gasteiger partial charge < -0.3 is 19.5 Å². The van der Waals surface area contributed by atoms with Gasteiger partial charge in [0.25, 0.3) is 11.8 Å². The number of aromatic nitrogens is 1. The maximum Gasteiger partial charge on any atom is 0.259 e. The Balaban J connectivity index is 2.02. The molecule has 0 bridgehead atoms. The highest BCUT2D eigenvalue weighted by Gasteiger charge is 2.29. The lowest BCUT2D eigenvalue weighted by molar-refractivity contribution is 0.0605. The van der Waals surface area contributed by atoms with Crippen LogP contribution in [0, 0.1) is 5.92 Å². The molecule has 1 fully saturated rings. The van der Waals surface area contributed by atoms with E-state index in [1.165, 1.54) is 0 Å². The van der Waals surface area contributed by atoms with Crippen LogP contribution in [0.25, 0.3) is 0 Å². The molecule has 1 aromatic heterocycles. The van der Waals surface area contributed by atoms with Crippen molar-refractivity contribution in [2.75, 3.05) is 20.2 Å². The minimum absolute atomic E-state index is 0.00514. The molecule has 0 saturated carbocycles. The quantitative estimate of drug-likeness (QED) is 0.661. The van der Waals surface area contributed by atoms with Crippen LogP contribution in [0.2, 0.25) is 0 Å². The standard InChI is InChI=1S/C26H35N3O4/c1-5-20-10-6-7-12-29(20)26(32)23-17-28(15-19-9-8-11-21(13-19)33-4)16-22(24(23)30)25(31)27-14-18(2)3/h8-9,11,13,16-18,20H,5-7,10,12,14-15H2,1-4H3,(H,27,31)/t20-/m0/s1. The molecule has 0 unspecified atom stereocenters. The molecule has 1 saturated heterocycles. The summed E-state index contributed by atoms with van der Waals surface area (Å²) in [5.41, 5.74) is 0.475. The number of rotatable bonds is 8. The first-order valence-electron chi connectivity index (χ1n) is 11.8. The molecule has 2 amide bonds. The third-order valence-electron chi connectivity index (χ3n) is 6.08. The Morgan fingerprint density at radius 1 is 1.18 bits per heavy atom. The number of pyridine rings is 1. The number of nitrogens with zero attached hydrogens (tertiary/aromatic N) is 2. The number of methoxy groups -OCH3 is 1. The second kappa shape index (κ2) is 11.2. The van der Waals surface area contributed by atoms with Gasteiger partial charge in [0.1, 0.15) is 16.9 Å². The van der Waals surface area contributed by atoms with E-state index < -0.39 is 11.3 Å². The molecule has 33 heavy (non-hydrogen) atoms. The van der Waals surface area contributed by atoms with Crippen molar-refractivity contribution in [2.24, 2.45) is 5.92 Å². The summed E-state index contributed by atoms with van der Waals surface area (Å²) in [5, 5.41) is 2.82. The molecule has 1 aliphatic heterocycles.